The molecule has 1 saturated carbocycles. The molecule has 1 aliphatic carbocycles. The first-order valence-corrected chi connectivity index (χ1v) is 6.77. The summed E-state index contributed by atoms with van der Waals surface area (Å²) in [5.74, 6) is -1.02. The minimum absolute atomic E-state index is 0.366. The maximum atomic E-state index is 11.1. The van der Waals surface area contributed by atoms with E-state index >= 15 is 0 Å². The molecular weight excluding hydrogens is 260 g/mol. The van der Waals surface area contributed by atoms with Crippen LogP contribution in [0, 0.1) is 5.41 Å². The highest BCUT2D eigenvalue weighted by Gasteiger charge is 2.67. The molecule has 0 aromatic heterocycles. The van der Waals surface area contributed by atoms with Gasteiger partial charge in [-0.05, 0) is 31.9 Å². The molecule has 1 heterocycles. The predicted octanol–water partition coefficient (Wildman–Crippen LogP) is 1.25. The lowest BCUT2D eigenvalue weighted by molar-refractivity contribution is -0.150. The Labute approximate surface area is 118 Å². The monoisotopic (exact) mass is 282 g/mol. The molecule has 3 N–H and O–H groups in total. The van der Waals surface area contributed by atoms with Crippen LogP contribution in [0.2, 0.25) is 0 Å². The lowest BCUT2D eigenvalue weighted by Gasteiger charge is -2.49. The van der Waals surface area contributed by atoms with Gasteiger partial charge in [-0.1, -0.05) is 13.0 Å². The summed E-state index contributed by atoms with van der Waals surface area (Å²) in [4.78, 5) is 10.6. The zero-order chi connectivity index (χ0) is 15.2. The number of hydrogen-bond acceptors (Lipinski definition) is 4. The number of carbonyl (C=O) groups is 1. The Morgan fingerprint density at radius 2 is 2.00 bits per heavy atom. The summed E-state index contributed by atoms with van der Waals surface area (Å²) in [6.45, 7) is 5.73. The first-order valence-electron chi connectivity index (χ1n) is 6.77. The third-order valence-corrected chi connectivity index (χ3v) is 4.69. The topological polar surface area (TPSA) is 87.0 Å². The molecule has 5 heteroatoms. The van der Waals surface area contributed by atoms with E-state index in [-0.39, 0.29) is 0 Å². The number of hydrogen-bond donors (Lipinski definition) is 3. The molecule has 5 nitrogen and oxygen atoms in total. The van der Waals surface area contributed by atoms with Gasteiger partial charge in [0.15, 0.2) is 0 Å². The quantitative estimate of drug-likeness (QED) is 0.536. The summed E-state index contributed by atoms with van der Waals surface area (Å²) in [7, 11) is 0. The number of carboxylic acids is 1. The van der Waals surface area contributed by atoms with Crippen molar-refractivity contribution in [3.63, 3.8) is 0 Å². The van der Waals surface area contributed by atoms with Gasteiger partial charge in [0.05, 0.1) is 12.7 Å². The van der Waals surface area contributed by atoms with Crippen molar-refractivity contribution in [2.45, 2.75) is 50.9 Å². The lowest BCUT2D eigenvalue weighted by Crippen LogP contribution is -2.60. The Hall–Kier alpha value is -1.17. The van der Waals surface area contributed by atoms with Gasteiger partial charge >= 0.3 is 5.97 Å². The van der Waals surface area contributed by atoms with Crippen LogP contribution in [0.1, 0.15) is 33.6 Å². The van der Waals surface area contributed by atoms with Crippen LogP contribution in [-0.4, -0.2) is 45.2 Å². The van der Waals surface area contributed by atoms with Crippen molar-refractivity contribution in [1.29, 1.82) is 0 Å². The maximum absolute atomic E-state index is 11.1. The second-order valence-electron chi connectivity index (χ2n) is 6.47. The number of rotatable bonds is 3. The van der Waals surface area contributed by atoms with Crippen LogP contribution >= 0.6 is 0 Å². The highest BCUT2D eigenvalue weighted by atomic mass is 16.5. The van der Waals surface area contributed by atoms with Crippen LogP contribution in [-0.2, 0) is 9.53 Å². The van der Waals surface area contributed by atoms with Crippen molar-refractivity contribution in [3.8, 4) is 0 Å². The predicted molar refractivity (Wildman–Crippen MR) is 73.2 cm³/mol. The molecule has 20 heavy (non-hydrogen) atoms. The molecule has 2 rings (SSSR count). The molecule has 2 fully saturated rings. The van der Waals surface area contributed by atoms with Gasteiger partial charge < -0.3 is 20.1 Å². The van der Waals surface area contributed by atoms with E-state index in [1.54, 1.807) is 26.0 Å². The smallest absolute Gasteiger partial charge is 0.328 e. The Morgan fingerprint density at radius 3 is 2.55 bits per heavy atom. The van der Waals surface area contributed by atoms with Crippen molar-refractivity contribution in [2.24, 2.45) is 5.41 Å². The minimum atomic E-state index is -1.22. The average Bonchev–Trinajstić information content (AvgIpc) is 2.43. The molecule has 1 saturated heterocycles. The largest absolute Gasteiger partial charge is 0.478 e. The molecule has 0 aromatic rings. The second kappa shape index (κ2) is 4.69. The fourth-order valence-corrected chi connectivity index (χ4v) is 3.52. The van der Waals surface area contributed by atoms with E-state index in [9.17, 15) is 15.0 Å². The van der Waals surface area contributed by atoms with E-state index in [1.165, 1.54) is 0 Å². The average molecular weight is 282 g/mol. The summed E-state index contributed by atoms with van der Waals surface area (Å²) < 4.78 is 5.77. The van der Waals surface area contributed by atoms with Crippen LogP contribution in [0.4, 0.5) is 0 Å². The number of ether oxygens (including phenoxy) is 1. The van der Waals surface area contributed by atoms with Crippen molar-refractivity contribution < 1.29 is 24.9 Å². The third kappa shape index (κ3) is 2.20. The van der Waals surface area contributed by atoms with Crippen LogP contribution in [0.3, 0.4) is 0 Å². The molecule has 0 spiro atoms. The van der Waals surface area contributed by atoms with E-state index in [0.717, 1.165) is 6.08 Å². The molecule has 0 amide bonds. The Balaban J connectivity index is 2.34. The zero-order valence-electron chi connectivity index (χ0n) is 12.1. The van der Waals surface area contributed by atoms with Gasteiger partial charge in [-0.25, -0.2) is 4.79 Å². The number of aliphatic hydroxyl groups is 2. The van der Waals surface area contributed by atoms with Crippen molar-refractivity contribution >= 4 is 5.97 Å². The van der Waals surface area contributed by atoms with E-state index in [4.69, 9.17) is 9.84 Å². The fraction of sp³-hybridized carbons (Fsp3) is 0.667. The molecule has 2 bridgehead atoms. The molecule has 2 aliphatic rings. The van der Waals surface area contributed by atoms with Crippen LogP contribution < -0.4 is 0 Å². The molecule has 0 aromatic carbocycles. The fourth-order valence-electron chi connectivity index (χ4n) is 3.52. The normalized spacial score (nSPS) is 45.0. The highest BCUT2D eigenvalue weighted by Crippen LogP contribution is 2.57. The first-order chi connectivity index (χ1) is 9.12. The number of carboxylic acid groups (broad SMARTS) is 1. The minimum Gasteiger partial charge on any atom is -0.478 e. The van der Waals surface area contributed by atoms with Crippen LogP contribution in [0.15, 0.2) is 23.8 Å². The molecule has 4 atom stereocenters. The number of aliphatic hydroxyl groups excluding tert-OH is 1. The Bertz CT molecular complexity index is 461. The van der Waals surface area contributed by atoms with Crippen molar-refractivity contribution in [3.05, 3.63) is 23.8 Å². The zero-order valence-corrected chi connectivity index (χ0v) is 12.1. The molecular formula is C15H22O5. The molecule has 0 radical (unpaired) electrons. The lowest BCUT2D eigenvalue weighted by atomic mass is 9.59. The Morgan fingerprint density at radius 1 is 1.35 bits per heavy atom. The van der Waals surface area contributed by atoms with Gasteiger partial charge in [0, 0.05) is 17.9 Å². The van der Waals surface area contributed by atoms with Gasteiger partial charge in [0.25, 0.3) is 0 Å². The van der Waals surface area contributed by atoms with Gasteiger partial charge in [0.2, 0.25) is 0 Å². The van der Waals surface area contributed by atoms with Crippen molar-refractivity contribution in [1.82, 2.24) is 0 Å². The van der Waals surface area contributed by atoms with E-state index in [1.807, 2.05) is 6.92 Å². The summed E-state index contributed by atoms with van der Waals surface area (Å²) in [6.07, 6.45) is 4.66. The number of allylic oxidation sites excluding steroid dienone is 2. The second-order valence-corrected chi connectivity index (χ2v) is 6.47. The van der Waals surface area contributed by atoms with Crippen LogP contribution in [0.25, 0.3) is 0 Å². The van der Waals surface area contributed by atoms with E-state index in [0.29, 0.717) is 25.0 Å². The highest BCUT2D eigenvalue weighted by molar-refractivity contribution is 5.81. The summed E-state index contributed by atoms with van der Waals surface area (Å²) >= 11 is 0. The Kier molecular flexibility index (Phi) is 3.57. The maximum Gasteiger partial charge on any atom is 0.328 e. The standard InChI is InChI=1S/C15H22O5/c1-10(6-12(17)18)4-5-15(19)13(2)7-11(16)8-14(15,3)20-9-13/h4-6,11,16,19H,7-9H2,1-3H3,(H,17,18)/b5-4?,10-6-/t11-,13+,14+,15-/m0/s1. The van der Waals surface area contributed by atoms with Gasteiger partial charge in [-0.15, -0.1) is 0 Å². The first kappa shape index (κ1) is 15.2. The van der Waals surface area contributed by atoms with E-state index < -0.39 is 28.7 Å². The summed E-state index contributed by atoms with van der Waals surface area (Å²) in [5.41, 5.74) is -2.09. The molecule has 1 aliphatic heterocycles. The van der Waals surface area contributed by atoms with Crippen molar-refractivity contribution in [2.75, 3.05) is 6.61 Å². The van der Waals surface area contributed by atoms with Gasteiger partial charge in [-0.3, -0.25) is 0 Å². The summed E-state index contributed by atoms with van der Waals surface area (Å²) in [6, 6.07) is 0. The summed E-state index contributed by atoms with van der Waals surface area (Å²) in [5, 5.41) is 29.7. The van der Waals surface area contributed by atoms with Gasteiger partial charge in [0.1, 0.15) is 11.2 Å². The third-order valence-electron chi connectivity index (χ3n) is 4.69. The number of fused-ring (bicyclic) bond motifs is 2. The molecule has 0 unspecified atom stereocenters. The molecule has 112 valence electrons. The van der Waals surface area contributed by atoms with E-state index in [2.05, 4.69) is 0 Å². The SMILES string of the molecule is C/C(C=C[C@]1(O)[C@@]2(C)CO[C@]1(C)C[C@@H](O)C2)=C/C(=O)O. The van der Waals surface area contributed by atoms with Gasteiger partial charge in [-0.2, -0.15) is 0 Å². The number of aliphatic carboxylic acids is 1. The van der Waals surface area contributed by atoms with Crippen LogP contribution in [0.5, 0.6) is 0 Å².